The first-order valence-corrected chi connectivity index (χ1v) is 10.2. The molecule has 7 nitrogen and oxygen atoms in total. The minimum absolute atomic E-state index is 0.260. The predicted octanol–water partition coefficient (Wildman–Crippen LogP) is 4.31. The molecule has 1 atom stereocenters. The van der Waals surface area contributed by atoms with Gasteiger partial charge in [-0.2, -0.15) is 0 Å². The molecule has 4 rings (SSSR count). The number of esters is 1. The summed E-state index contributed by atoms with van der Waals surface area (Å²) in [5, 5.41) is 2.82. The van der Waals surface area contributed by atoms with Gasteiger partial charge in [0.05, 0.1) is 18.4 Å². The summed E-state index contributed by atoms with van der Waals surface area (Å²) in [5.41, 5.74) is 2.25. The first-order chi connectivity index (χ1) is 15.5. The minimum Gasteiger partial charge on any atom is -0.495 e. The first kappa shape index (κ1) is 21.2. The van der Waals surface area contributed by atoms with Gasteiger partial charge in [0.25, 0.3) is 5.91 Å². The Morgan fingerprint density at radius 3 is 2.44 bits per heavy atom. The minimum atomic E-state index is -1.16. The molecule has 1 aliphatic heterocycles. The average Bonchev–Trinajstić information content (AvgIpc) is 2.82. The summed E-state index contributed by atoms with van der Waals surface area (Å²) in [4.78, 5) is 26.1. The topological polar surface area (TPSA) is 83.1 Å². The molecule has 3 aromatic rings. The van der Waals surface area contributed by atoms with Crippen molar-refractivity contribution < 1.29 is 28.5 Å². The molecule has 0 spiro atoms. The summed E-state index contributed by atoms with van der Waals surface area (Å²) in [6.45, 7) is 2.76. The summed E-state index contributed by atoms with van der Waals surface area (Å²) >= 11 is 0. The molecule has 0 unspecified atom stereocenters. The van der Waals surface area contributed by atoms with Crippen LogP contribution in [0.1, 0.15) is 27.6 Å². The number of aryl methyl sites for hydroxylation is 1. The maximum absolute atomic E-state index is 13.2. The van der Waals surface area contributed by atoms with Gasteiger partial charge < -0.3 is 24.3 Å². The fourth-order valence-corrected chi connectivity index (χ4v) is 3.36. The van der Waals surface area contributed by atoms with Crippen molar-refractivity contribution in [2.45, 2.75) is 13.0 Å². The highest BCUT2D eigenvalue weighted by Gasteiger charge is 2.27. The quantitative estimate of drug-likeness (QED) is 0.584. The smallest absolute Gasteiger partial charge is 0.339 e. The molecule has 1 amide bonds. The summed E-state index contributed by atoms with van der Waals surface area (Å²) in [6.07, 6.45) is -1.16. The summed E-state index contributed by atoms with van der Waals surface area (Å²) in [5.74, 6) is 0.398. The number of amides is 1. The second-order valence-electron chi connectivity index (χ2n) is 7.25. The third-order valence-corrected chi connectivity index (χ3v) is 4.96. The zero-order chi connectivity index (χ0) is 22.5. The molecule has 32 heavy (non-hydrogen) atoms. The SMILES string of the molecule is COc1ccc(C)cc1NC(=O)[C@H](OC(=O)c1ccc2c(c1)OCCO2)c1ccccc1. The molecule has 164 valence electrons. The molecule has 0 aromatic heterocycles. The van der Waals surface area contributed by atoms with Crippen LogP contribution in [0.2, 0.25) is 0 Å². The highest BCUT2D eigenvalue weighted by molar-refractivity contribution is 5.99. The van der Waals surface area contributed by atoms with E-state index in [4.69, 9.17) is 18.9 Å². The van der Waals surface area contributed by atoms with E-state index in [0.29, 0.717) is 41.7 Å². The fraction of sp³-hybridized carbons (Fsp3) is 0.200. The Hall–Kier alpha value is -4.00. The van der Waals surface area contributed by atoms with Crippen LogP contribution in [0.3, 0.4) is 0 Å². The third-order valence-electron chi connectivity index (χ3n) is 4.96. The van der Waals surface area contributed by atoms with Gasteiger partial charge in [0.15, 0.2) is 11.5 Å². The highest BCUT2D eigenvalue weighted by atomic mass is 16.6. The molecular formula is C25H23NO6. The maximum Gasteiger partial charge on any atom is 0.339 e. The third kappa shape index (κ3) is 4.67. The van der Waals surface area contributed by atoms with E-state index >= 15 is 0 Å². The Kier molecular flexibility index (Phi) is 6.26. The molecule has 0 fully saturated rings. The summed E-state index contributed by atoms with van der Waals surface area (Å²) in [7, 11) is 1.52. The number of anilines is 1. The van der Waals surface area contributed by atoms with Crippen molar-refractivity contribution in [1.29, 1.82) is 0 Å². The lowest BCUT2D eigenvalue weighted by atomic mass is 10.1. The van der Waals surface area contributed by atoms with E-state index in [-0.39, 0.29) is 5.56 Å². The Morgan fingerprint density at radius 1 is 0.938 bits per heavy atom. The van der Waals surface area contributed by atoms with Crippen LogP contribution in [-0.4, -0.2) is 32.2 Å². The molecule has 1 aliphatic rings. The highest BCUT2D eigenvalue weighted by Crippen LogP contribution is 2.32. The monoisotopic (exact) mass is 433 g/mol. The van der Waals surface area contributed by atoms with Gasteiger partial charge in [0.2, 0.25) is 6.10 Å². The lowest BCUT2D eigenvalue weighted by Gasteiger charge is -2.21. The molecule has 0 saturated heterocycles. The van der Waals surface area contributed by atoms with Gasteiger partial charge in [0, 0.05) is 5.56 Å². The van der Waals surface area contributed by atoms with Gasteiger partial charge in [0.1, 0.15) is 19.0 Å². The molecule has 0 saturated carbocycles. The Labute approximate surface area is 185 Å². The van der Waals surface area contributed by atoms with E-state index in [0.717, 1.165) is 5.56 Å². The van der Waals surface area contributed by atoms with E-state index in [1.54, 1.807) is 54.6 Å². The van der Waals surface area contributed by atoms with Crippen LogP contribution in [0.25, 0.3) is 0 Å². The van der Waals surface area contributed by atoms with E-state index in [1.807, 2.05) is 19.1 Å². The number of benzene rings is 3. The van der Waals surface area contributed by atoms with Crippen molar-refractivity contribution in [2.24, 2.45) is 0 Å². The Bertz CT molecular complexity index is 1130. The van der Waals surface area contributed by atoms with Gasteiger partial charge >= 0.3 is 5.97 Å². The van der Waals surface area contributed by atoms with Gasteiger partial charge in [-0.1, -0.05) is 36.4 Å². The molecular weight excluding hydrogens is 410 g/mol. The van der Waals surface area contributed by atoms with Crippen molar-refractivity contribution in [3.63, 3.8) is 0 Å². The summed E-state index contributed by atoms with van der Waals surface area (Å²) < 4.78 is 22.0. The second kappa shape index (κ2) is 9.43. The van der Waals surface area contributed by atoms with Crippen LogP contribution in [0, 0.1) is 6.92 Å². The summed E-state index contributed by atoms with van der Waals surface area (Å²) in [6, 6.07) is 19.1. The Morgan fingerprint density at radius 2 is 1.69 bits per heavy atom. The second-order valence-corrected chi connectivity index (χ2v) is 7.25. The average molecular weight is 433 g/mol. The van der Waals surface area contributed by atoms with Crippen LogP contribution < -0.4 is 19.5 Å². The molecule has 0 bridgehead atoms. The number of nitrogens with one attached hydrogen (secondary N) is 1. The molecule has 1 N–H and O–H groups in total. The number of carbonyl (C=O) groups excluding carboxylic acids is 2. The van der Waals surface area contributed by atoms with E-state index in [9.17, 15) is 9.59 Å². The predicted molar refractivity (Wildman–Crippen MR) is 118 cm³/mol. The van der Waals surface area contributed by atoms with Gasteiger partial charge in [-0.05, 0) is 42.8 Å². The first-order valence-electron chi connectivity index (χ1n) is 10.2. The molecule has 1 heterocycles. The molecule has 0 radical (unpaired) electrons. The Balaban J connectivity index is 1.59. The van der Waals surface area contributed by atoms with E-state index < -0.39 is 18.0 Å². The number of ether oxygens (including phenoxy) is 4. The zero-order valence-electron chi connectivity index (χ0n) is 17.8. The normalized spacial score (nSPS) is 13.1. The van der Waals surface area contributed by atoms with Crippen LogP contribution in [0.5, 0.6) is 17.2 Å². The lowest BCUT2D eigenvalue weighted by Crippen LogP contribution is -2.26. The van der Waals surface area contributed by atoms with Gasteiger partial charge in [-0.25, -0.2) is 4.79 Å². The van der Waals surface area contributed by atoms with Crippen LogP contribution in [0.15, 0.2) is 66.7 Å². The van der Waals surface area contributed by atoms with E-state index in [1.165, 1.54) is 7.11 Å². The van der Waals surface area contributed by atoms with Crippen molar-refractivity contribution in [3.8, 4) is 17.2 Å². The molecule has 7 heteroatoms. The van der Waals surface area contributed by atoms with Crippen molar-refractivity contribution in [3.05, 3.63) is 83.4 Å². The van der Waals surface area contributed by atoms with Crippen molar-refractivity contribution in [1.82, 2.24) is 0 Å². The largest absolute Gasteiger partial charge is 0.495 e. The van der Waals surface area contributed by atoms with Crippen molar-refractivity contribution >= 4 is 17.6 Å². The van der Waals surface area contributed by atoms with Crippen LogP contribution in [-0.2, 0) is 9.53 Å². The zero-order valence-corrected chi connectivity index (χ0v) is 17.8. The number of carbonyl (C=O) groups is 2. The molecule has 0 aliphatic carbocycles. The lowest BCUT2D eigenvalue weighted by molar-refractivity contribution is -0.125. The number of fused-ring (bicyclic) bond motifs is 1. The van der Waals surface area contributed by atoms with E-state index in [2.05, 4.69) is 5.32 Å². The van der Waals surface area contributed by atoms with Crippen molar-refractivity contribution in [2.75, 3.05) is 25.6 Å². The number of methoxy groups -OCH3 is 1. The number of rotatable bonds is 6. The number of hydrogen-bond donors (Lipinski definition) is 1. The maximum atomic E-state index is 13.2. The standard InChI is InChI=1S/C25H23NO6/c1-16-8-10-20(29-2)19(14-16)26-24(27)23(17-6-4-3-5-7-17)32-25(28)18-9-11-21-22(15-18)31-13-12-30-21/h3-11,14-15,23H,12-13H2,1-2H3,(H,26,27)/t23-/m1/s1. The van der Waals surface area contributed by atoms with Gasteiger partial charge in [-0.3, -0.25) is 4.79 Å². The van der Waals surface area contributed by atoms with Crippen LogP contribution in [0.4, 0.5) is 5.69 Å². The number of hydrogen-bond acceptors (Lipinski definition) is 6. The van der Waals surface area contributed by atoms with Crippen LogP contribution >= 0.6 is 0 Å². The fourth-order valence-electron chi connectivity index (χ4n) is 3.36. The molecule has 3 aromatic carbocycles. The van der Waals surface area contributed by atoms with Gasteiger partial charge in [-0.15, -0.1) is 0 Å².